The molecule has 0 bridgehead atoms. The lowest BCUT2D eigenvalue weighted by atomic mass is 10.6. The normalized spacial score (nSPS) is 11.3. The molecule has 0 saturated heterocycles. The maximum absolute atomic E-state index is 11.6. The Morgan fingerprint density at radius 2 is 2.00 bits per heavy atom. The fourth-order valence-corrected chi connectivity index (χ4v) is 0.556. The fourth-order valence-electron chi connectivity index (χ4n) is 0.556. The van der Waals surface area contributed by atoms with Crippen molar-refractivity contribution in [2.45, 2.75) is 6.18 Å². The molecular weight excluding hydrogens is 187 g/mol. The van der Waals surface area contributed by atoms with Gasteiger partial charge in [-0.05, 0) is 0 Å². The van der Waals surface area contributed by atoms with Crippen molar-refractivity contribution < 1.29 is 17.9 Å². The molecule has 0 aliphatic heterocycles. The highest BCUT2D eigenvalue weighted by molar-refractivity contribution is 5.24. The van der Waals surface area contributed by atoms with Crippen molar-refractivity contribution in [1.29, 1.82) is 0 Å². The van der Waals surface area contributed by atoms with Crippen LogP contribution in [0.4, 0.5) is 19.0 Å². The molecule has 0 fully saturated rings. The van der Waals surface area contributed by atoms with E-state index in [9.17, 15) is 13.2 Å². The van der Waals surface area contributed by atoms with Crippen molar-refractivity contribution in [3.8, 4) is 5.88 Å². The molecule has 0 saturated carbocycles. The fraction of sp³-hybridized carbons (Fsp3) is 0.333. The molecule has 4 nitrogen and oxygen atoms in total. The summed E-state index contributed by atoms with van der Waals surface area (Å²) < 4.78 is 39.1. The number of nitrogens with zero attached hydrogens (tertiary/aromatic N) is 2. The molecule has 0 atom stereocenters. The quantitative estimate of drug-likeness (QED) is 0.761. The minimum Gasteiger partial charge on any atom is -0.467 e. The molecule has 1 aromatic heterocycles. The molecule has 0 aromatic carbocycles. The summed E-state index contributed by atoms with van der Waals surface area (Å²) in [6, 6.07) is 0. The minimum atomic E-state index is -4.37. The zero-order valence-corrected chi connectivity index (χ0v) is 6.38. The Morgan fingerprint density at radius 1 is 1.31 bits per heavy atom. The number of hydrogen-bond donors (Lipinski definition) is 1. The van der Waals surface area contributed by atoms with E-state index < -0.39 is 12.8 Å². The largest absolute Gasteiger partial charge is 0.467 e. The Kier molecular flexibility index (Phi) is 2.54. The average Bonchev–Trinajstić information content (AvgIpc) is 2.02. The Hall–Kier alpha value is -1.53. The highest BCUT2D eigenvalue weighted by Gasteiger charge is 2.28. The van der Waals surface area contributed by atoms with Gasteiger partial charge in [0.25, 0.3) is 0 Å². The minimum absolute atomic E-state index is 0.124. The predicted molar refractivity (Wildman–Crippen MR) is 38.0 cm³/mol. The zero-order chi connectivity index (χ0) is 9.90. The van der Waals surface area contributed by atoms with Crippen molar-refractivity contribution in [3.63, 3.8) is 0 Å². The van der Waals surface area contributed by atoms with Gasteiger partial charge < -0.3 is 10.5 Å². The van der Waals surface area contributed by atoms with Gasteiger partial charge in [-0.2, -0.15) is 13.2 Å². The monoisotopic (exact) mass is 193 g/mol. The predicted octanol–water partition coefficient (Wildman–Crippen LogP) is 1.000. The lowest BCUT2D eigenvalue weighted by molar-refractivity contribution is -0.154. The second-order valence-corrected chi connectivity index (χ2v) is 2.18. The molecule has 0 spiro atoms. The van der Waals surface area contributed by atoms with Gasteiger partial charge in [0.2, 0.25) is 5.88 Å². The number of halogens is 3. The summed E-state index contributed by atoms with van der Waals surface area (Å²) in [7, 11) is 0. The molecule has 0 unspecified atom stereocenters. The van der Waals surface area contributed by atoms with Crippen LogP contribution in [0.25, 0.3) is 0 Å². The summed E-state index contributed by atoms with van der Waals surface area (Å²) in [4.78, 5) is 6.97. The van der Waals surface area contributed by atoms with Gasteiger partial charge >= 0.3 is 6.18 Å². The van der Waals surface area contributed by atoms with Crippen LogP contribution in [0, 0.1) is 0 Å². The molecule has 1 aromatic rings. The number of hydrogen-bond acceptors (Lipinski definition) is 4. The third-order valence-electron chi connectivity index (χ3n) is 1.03. The highest BCUT2D eigenvalue weighted by Crippen LogP contribution is 2.16. The lowest BCUT2D eigenvalue weighted by Gasteiger charge is -2.07. The van der Waals surface area contributed by atoms with Crippen molar-refractivity contribution in [2.24, 2.45) is 0 Å². The Balaban J connectivity index is 2.51. The first-order valence-corrected chi connectivity index (χ1v) is 3.24. The number of ether oxygens (including phenoxy) is 1. The number of nitrogens with two attached hydrogens (primary N) is 1. The molecule has 0 amide bonds. The number of aromatic nitrogens is 2. The van der Waals surface area contributed by atoms with Crippen molar-refractivity contribution in [2.75, 3.05) is 12.3 Å². The average molecular weight is 193 g/mol. The van der Waals surface area contributed by atoms with Gasteiger partial charge in [0.05, 0.1) is 12.4 Å². The number of alkyl halides is 3. The number of anilines is 1. The summed E-state index contributed by atoms with van der Waals surface area (Å²) in [6.07, 6.45) is -2.23. The maximum Gasteiger partial charge on any atom is 0.422 e. The molecule has 7 heteroatoms. The summed E-state index contributed by atoms with van der Waals surface area (Å²) >= 11 is 0. The van der Waals surface area contributed by atoms with E-state index in [1.807, 2.05) is 0 Å². The summed E-state index contributed by atoms with van der Waals surface area (Å²) in [5, 5.41) is 0. The van der Waals surface area contributed by atoms with Gasteiger partial charge in [-0.1, -0.05) is 0 Å². The highest BCUT2D eigenvalue weighted by atomic mass is 19.4. The second-order valence-electron chi connectivity index (χ2n) is 2.18. The van der Waals surface area contributed by atoms with Crippen LogP contribution in [0.15, 0.2) is 12.4 Å². The molecule has 1 heterocycles. The first-order chi connectivity index (χ1) is 5.97. The Labute approximate surface area is 71.6 Å². The van der Waals surface area contributed by atoms with E-state index in [2.05, 4.69) is 14.7 Å². The van der Waals surface area contributed by atoms with E-state index in [1.54, 1.807) is 0 Å². The van der Waals surface area contributed by atoms with Crippen LogP contribution in [0.3, 0.4) is 0 Å². The SMILES string of the molecule is Nc1cnc(OCC(F)(F)F)cn1. The van der Waals surface area contributed by atoms with E-state index in [0.717, 1.165) is 12.4 Å². The van der Waals surface area contributed by atoms with Gasteiger partial charge in [0.1, 0.15) is 5.82 Å². The third kappa shape index (κ3) is 3.59. The van der Waals surface area contributed by atoms with Gasteiger partial charge in [0, 0.05) is 0 Å². The summed E-state index contributed by atoms with van der Waals surface area (Å²) in [5.74, 6) is -0.0779. The van der Waals surface area contributed by atoms with Crippen molar-refractivity contribution in [3.05, 3.63) is 12.4 Å². The molecule has 0 aliphatic carbocycles. The smallest absolute Gasteiger partial charge is 0.422 e. The van der Waals surface area contributed by atoms with Gasteiger partial charge in [-0.3, -0.25) is 0 Å². The van der Waals surface area contributed by atoms with Crippen LogP contribution in [-0.2, 0) is 0 Å². The molecule has 0 radical (unpaired) electrons. The molecule has 13 heavy (non-hydrogen) atoms. The van der Waals surface area contributed by atoms with Gasteiger partial charge in [-0.25, -0.2) is 9.97 Å². The summed E-state index contributed by atoms with van der Waals surface area (Å²) in [6.45, 7) is -1.38. The molecular formula is C6H6F3N3O. The van der Waals surface area contributed by atoms with E-state index in [4.69, 9.17) is 5.73 Å². The number of nitrogen functional groups attached to an aromatic ring is 1. The topological polar surface area (TPSA) is 61.0 Å². The molecule has 2 N–H and O–H groups in total. The summed E-state index contributed by atoms with van der Waals surface area (Å²) in [5.41, 5.74) is 5.16. The van der Waals surface area contributed by atoms with Crippen LogP contribution in [0.2, 0.25) is 0 Å². The first kappa shape index (κ1) is 9.56. The lowest BCUT2D eigenvalue weighted by Crippen LogP contribution is -2.19. The van der Waals surface area contributed by atoms with E-state index in [-0.39, 0.29) is 11.7 Å². The van der Waals surface area contributed by atoms with Crippen LogP contribution in [0.5, 0.6) is 5.88 Å². The third-order valence-corrected chi connectivity index (χ3v) is 1.03. The molecule has 72 valence electrons. The van der Waals surface area contributed by atoms with Gasteiger partial charge in [0.15, 0.2) is 6.61 Å². The maximum atomic E-state index is 11.6. The van der Waals surface area contributed by atoms with Crippen molar-refractivity contribution >= 4 is 5.82 Å². The van der Waals surface area contributed by atoms with E-state index >= 15 is 0 Å². The zero-order valence-electron chi connectivity index (χ0n) is 6.38. The Morgan fingerprint density at radius 3 is 2.46 bits per heavy atom. The second kappa shape index (κ2) is 3.46. The Bertz CT molecular complexity index is 271. The van der Waals surface area contributed by atoms with Crippen LogP contribution < -0.4 is 10.5 Å². The standard InChI is InChI=1S/C6H6F3N3O/c7-6(8,9)3-13-5-2-11-4(10)1-12-5/h1-2H,3H2,(H2,10,11). The molecule has 1 rings (SSSR count). The van der Waals surface area contributed by atoms with Gasteiger partial charge in [-0.15, -0.1) is 0 Å². The van der Waals surface area contributed by atoms with Crippen LogP contribution in [-0.4, -0.2) is 22.8 Å². The van der Waals surface area contributed by atoms with Crippen LogP contribution >= 0.6 is 0 Å². The van der Waals surface area contributed by atoms with E-state index in [0.29, 0.717) is 0 Å². The first-order valence-electron chi connectivity index (χ1n) is 3.24. The molecule has 0 aliphatic rings. The van der Waals surface area contributed by atoms with Crippen LogP contribution in [0.1, 0.15) is 0 Å². The number of rotatable bonds is 2. The van der Waals surface area contributed by atoms with Crippen molar-refractivity contribution in [1.82, 2.24) is 9.97 Å². The van der Waals surface area contributed by atoms with E-state index in [1.165, 1.54) is 0 Å².